The number of hydrogen-bond acceptors (Lipinski definition) is 5. The van der Waals surface area contributed by atoms with Crippen molar-refractivity contribution in [2.45, 2.75) is 37.6 Å². The number of terminal acetylenes is 1. The number of para-hydroxylation sites is 1. The molecule has 0 aliphatic heterocycles. The van der Waals surface area contributed by atoms with Crippen molar-refractivity contribution in [3.8, 4) is 23.5 Å². The average molecular weight is 437 g/mol. The highest BCUT2D eigenvalue weighted by molar-refractivity contribution is 6.04. The van der Waals surface area contributed by atoms with Gasteiger partial charge in [0.05, 0.1) is 10.9 Å². The van der Waals surface area contributed by atoms with Crippen LogP contribution in [0.2, 0.25) is 0 Å². The third kappa shape index (κ3) is 2.89. The summed E-state index contributed by atoms with van der Waals surface area (Å²) < 4.78 is 2.34. The molecular formula is C27H28N6. The predicted molar refractivity (Wildman–Crippen MR) is 133 cm³/mol. The van der Waals surface area contributed by atoms with Gasteiger partial charge in [-0.1, -0.05) is 24.1 Å². The van der Waals surface area contributed by atoms with E-state index >= 15 is 0 Å². The van der Waals surface area contributed by atoms with E-state index in [1.165, 1.54) is 12.8 Å². The number of nitrogen functional groups attached to an aromatic ring is 1. The van der Waals surface area contributed by atoms with E-state index in [-0.39, 0.29) is 5.54 Å². The summed E-state index contributed by atoms with van der Waals surface area (Å²) in [6.07, 6.45) is 15.5. The second-order valence-electron chi connectivity index (χ2n) is 10.2. The number of benzene rings is 1. The van der Waals surface area contributed by atoms with Gasteiger partial charge in [0.2, 0.25) is 0 Å². The van der Waals surface area contributed by atoms with Crippen LogP contribution >= 0.6 is 0 Å². The minimum absolute atomic E-state index is 0.0285. The summed E-state index contributed by atoms with van der Waals surface area (Å²) in [7, 11) is 4.34. The minimum atomic E-state index is -0.0285. The topological polar surface area (TPSA) is 72.9 Å². The molecule has 0 saturated heterocycles. The maximum atomic E-state index is 6.47. The molecular weight excluding hydrogens is 408 g/mol. The molecule has 4 aromatic rings. The van der Waals surface area contributed by atoms with Crippen LogP contribution in [0.1, 0.15) is 37.8 Å². The lowest BCUT2D eigenvalue weighted by Crippen LogP contribution is -2.30. The molecule has 1 aromatic carbocycles. The molecule has 3 heterocycles. The molecule has 2 bridgehead atoms. The first-order valence-electron chi connectivity index (χ1n) is 11.6. The van der Waals surface area contributed by atoms with Gasteiger partial charge in [0.25, 0.3) is 0 Å². The quantitative estimate of drug-likeness (QED) is 0.479. The molecule has 2 N–H and O–H groups in total. The summed E-state index contributed by atoms with van der Waals surface area (Å²) in [5, 5.41) is 1.91. The van der Waals surface area contributed by atoms with E-state index in [4.69, 9.17) is 22.1 Å². The second kappa shape index (κ2) is 7.03. The molecule has 6 heteroatoms. The zero-order valence-electron chi connectivity index (χ0n) is 19.2. The molecule has 33 heavy (non-hydrogen) atoms. The molecule has 0 atom stereocenters. The molecule has 6 nitrogen and oxygen atoms in total. The highest BCUT2D eigenvalue weighted by Crippen LogP contribution is 2.61. The molecule has 2 aliphatic rings. The Morgan fingerprint density at radius 2 is 1.91 bits per heavy atom. The van der Waals surface area contributed by atoms with Crippen LogP contribution in [0.15, 0.2) is 42.9 Å². The molecule has 0 spiro atoms. The van der Waals surface area contributed by atoms with Crippen LogP contribution < -0.4 is 5.73 Å². The van der Waals surface area contributed by atoms with E-state index < -0.39 is 0 Å². The first kappa shape index (κ1) is 20.2. The van der Waals surface area contributed by atoms with Gasteiger partial charge in [-0.15, -0.1) is 6.42 Å². The largest absolute Gasteiger partial charge is 0.383 e. The smallest absolute Gasteiger partial charge is 0.147 e. The normalized spacial score (nSPS) is 24.2. The van der Waals surface area contributed by atoms with Crippen LogP contribution in [0.4, 0.5) is 5.82 Å². The number of anilines is 1. The van der Waals surface area contributed by atoms with Crippen LogP contribution in [-0.4, -0.2) is 45.1 Å². The summed E-state index contributed by atoms with van der Waals surface area (Å²) in [5.41, 5.74) is 11.3. The van der Waals surface area contributed by atoms with Crippen LogP contribution in [0.3, 0.4) is 0 Å². The third-order valence-corrected chi connectivity index (χ3v) is 7.87. The van der Waals surface area contributed by atoms with Gasteiger partial charge in [-0.05, 0) is 63.7 Å². The molecule has 2 saturated carbocycles. The fourth-order valence-corrected chi connectivity index (χ4v) is 6.71. The van der Waals surface area contributed by atoms with E-state index in [0.29, 0.717) is 11.2 Å². The number of aromatic nitrogens is 4. The Balaban J connectivity index is 1.61. The standard InChI is InChI=1S/C27H28N6/c1-4-21-22(19-13-18-7-5-6-8-20(18)29-14-19)23-24(28)30-17-31-25(23)33(21)27-11-9-26(15-27,10-12-27)16-32(2)3/h1,5-8,13-14,17H,9-12,15-16H2,2-3H3,(H2,28,30,31). The summed E-state index contributed by atoms with van der Waals surface area (Å²) >= 11 is 0. The van der Waals surface area contributed by atoms with Crippen LogP contribution in [0, 0.1) is 17.8 Å². The van der Waals surface area contributed by atoms with Crippen LogP contribution in [0.25, 0.3) is 33.1 Å². The SMILES string of the molecule is C#Cc1c(-c2cnc3ccccc3c2)c2c(N)ncnc2n1C12CCC(CN(C)C)(CC1)C2. The molecule has 0 radical (unpaired) electrons. The number of nitrogens with zero attached hydrogens (tertiary/aromatic N) is 5. The van der Waals surface area contributed by atoms with Gasteiger partial charge >= 0.3 is 0 Å². The van der Waals surface area contributed by atoms with Crippen molar-refractivity contribution in [1.82, 2.24) is 24.4 Å². The molecule has 3 aromatic heterocycles. The number of fused-ring (bicyclic) bond motifs is 4. The lowest BCUT2D eigenvalue weighted by atomic mass is 9.83. The van der Waals surface area contributed by atoms with Crippen LogP contribution in [-0.2, 0) is 5.54 Å². The molecule has 166 valence electrons. The first-order chi connectivity index (χ1) is 16.0. The Hall–Kier alpha value is -3.43. The summed E-state index contributed by atoms with van der Waals surface area (Å²) in [5.74, 6) is 3.50. The number of pyridine rings is 1. The highest BCUT2D eigenvalue weighted by atomic mass is 15.2. The molecule has 0 unspecified atom stereocenters. The summed E-state index contributed by atoms with van der Waals surface area (Å²) in [4.78, 5) is 16.1. The van der Waals surface area contributed by atoms with Crippen molar-refractivity contribution in [3.63, 3.8) is 0 Å². The Morgan fingerprint density at radius 3 is 2.67 bits per heavy atom. The lowest BCUT2D eigenvalue weighted by molar-refractivity contribution is 0.202. The van der Waals surface area contributed by atoms with E-state index in [9.17, 15) is 0 Å². The van der Waals surface area contributed by atoms with E-state index in [0.717, 1.165) is 64.6 Å². The van der Waals surface area contributed by atoms with Gasteiger partial charge < -0.3 is 15.2 Å². The lowest BCUT2D eigenvalue weighted by Gasteiger charge is -2.31. The van der Waals surface area contributed by atoms with Crippen molar-refractivity contribution in [3.05, 3.63) is 48.5 Å². The van der Waals surface area contributed by atoms with E-state index in [1.807, 2.05) is 24.4 Å². The summed E-state index contributed by atoms with van der Waals surface area (Å²) in [6.45, 7) is 1.11. The summed E-state index contributed by atoms with van der Waals surface area (Å²) in [6, 6.07) is 10.3. The van der Waals surface area contributed by atoms with Gasteiger partial charge in [-0.3, -0.25) is 4.98 Å². The minimum Gasteiger partial charge on any atom is -0.383 e. The zero-order valence-corrected chi connectivity index (χ0v) is 19.2. The van der Waals surface area contributed by atoms with Crippen LogP contribution in [0.5, 0.6) is 0 Å². The number of rotatable bonds is 4. The predicted octanol–water partition coefficient (Wildman–Crippen LogP) is 4.43. The Bertz CT molecular complexity index is 1430. The molecule has 0 amide bonds. The number of nitrogens with two attached hydrogens (primary N) is 1. The van der Waals surface area contributed by atoms with Crippen molar-refractivity contribution in [2.24, 2.45) is 5.41 Å². The third-order valence-electron chi connectivity index (χ3n) is 7.87. The molecule has 2 fully saturated rings. The van der Waals surface area contributed by atoms with Gasteiger partial charge in [0.15, 0.2) is 0 Å². The maximum Gasteiger partial charge on any atom is 0.147 e. The average Bonchev–Trinajstić information content (AvgIpc) is 3.46. The first-order valence-corrected chi connectivity index (χ1v) is 11.6. The van der Waals surface area contributed by atoms with E-state index in [2.05, 4.69) is 46.6 Å². The van der Waals surface area contributed by atoms with Crippen molar-refractivity contribution < 1.29 is 0 Å². The maximum absolute atomic E-state index is 6.47. The van der Waals surface area contributed by atoms with Gasteiger partial charge in [-0.25, -0.2) is 9.97 Å². The Labute approximate surface area is 193 Å². The van der Waals surface area contributed by atoms with E-state index in [1.54, 1.807) is 6.33 Å². The monoisotopic (exact) mass is 436 g/mol. The fourth-order valence-electron chi connectivity index (χ4n) is 6.71. The van der Waals surface area contributed by atoms with Crippen molar-refractivity contribution in [2.75, 3.05) is 26.4 Å². The van der Waals surface area contributed by atoms with Crippen molar-refractivity contribution >= 4 is 27.8 Å². The van der Waals surface area contributed by atoms with Gasteiger partial charge in [-0.2, -0.15) is 0 Å². The Morgan fingerprint density at radius 1 is 1.12 bits per heavy atom. The fraction of sp³-hybridized carbons (Fsp3) is 0.370. The molecule has 2 aliphatic carbocycles. The second-order valence-corrected chi connectivity index (χ2v) is 10.2. The molecule has 6 rings (SSSR count). The van der Waals surface area contributed by atoms with Gasteiger partial charge in [0, 0.05) is 34.8 Å². The van der Waals surface area contributed by atoms with Crippen molar-refractivity contribution in [1.29, 1.82) is 0 Å². The zero-order chi connectivity index (χ0) is 22.8. The highest BCUT2D eigenvalue weighted by Gasteiger charge is 2.56. The number of hydrogen-bond donors (Lipinski definition) is 1. The van der Waals surface area contributed by atoms with Gasteiger partial charge in [0.1, 0.15) is 23.5 Å². The Kier molecular flexibility index (Phi) is 4.30.